The molecule has 2 aromatic rings. The molecule has 0 aliphatic heterocycles. The number of hydrogen-bond donors (Lipinski definition) is 0. The van der Waals surface area contributed by atoms with Crippen LogP contribution in [0.4, 0.5) is 0 Å². The number of benzene rings is 2. The van der Waals surface area contributed by atoms with E-state index >= 15 is 0 Å². The minimum Gasteiger partial charge on any atom is -0.0613 e. The highest BCUT2D eigenvalue weighted by Crippen LogP contribution is 2.27. The average Bonchev–Trinajstić information content (AvgIpc) is 2.36. The summed E-state index contributed by atoms with van der Waals surface area (Å²) in [6, 6.07) is 11.3. The lowest BCUT2D eigenvalue weighted by Crippen LogP contribution is -1.93. The van der Waals surface area contributed by atoms with Crippen LogP contribution in [0, 0.1) is 0 Å². The molecule has 0 aromatic heterocycles. The maximum absolute atomic E-state index is 2.31. The fraction of sp³-hybridized carbons (Fsp3) is 0.375. The number of fused-ring (bicyclic) bond motifs is 1. The van der Waals surface area contributed by atoms with Crippen LogP contribution in [-0.4, -0.2) is 0 Å². The second-order valence-electron chi connectivity index (χ2n) is 4.28. The molecule has 0 fully saturated rings. The quantitative estimate of drug-likeness (QED) is 0.701. The van der Waals surface area contributed by atoms with Crippen molar-refractivity contribution in [3.8, 4) is 0 Å². The van der Waals surface area contributed by atoms with Gasteiger partial charge in [0.1, 0.15) is 0 Å². The Bertz CT molecular complexity index is 484. The molecule has 0 heterocycles. The van der Waals surface area contributed by atoms with Gasteiger partial charge in [-0.05, 0) is 46.7 Å². The highest BCUT2D eigenvalue weighted by Gasteiger charge is 2.06. The fourth-order valence-electron chi connectivity index (χ4n) is 2.52. The first-order valence-corrected chi connectivity index (χ1v) is 6.34. The minimum absolute atomic E-state index is 1.12. The van der Waals surface area contributed by atoms with Gasteiger partial charge < -0.3 is 0 Å². The Labute approximate surface area is 98.3 Å². The lowest BCUT2D eigenvalue weighted by atomic mass is 9.92. The molecule has 0 saturated carbocycles. The first-order chi connectivity index (χ1) is 7.81. The molecule has 0 unspecified atom stereocenters. The summed E-state index contributed by atoms with van der Waals surface area (Å²) in [4.78, 5) is 0. The fourth-order valence-corrected chi connectivity index (χ4v) is 2.52. The summed E-state index contributed by atoms with van der Waals surface area (Å²) in [5, 5.41) is 2.97. The molecule has 2 aromatic carbocycles. The summed E-state index contributed by atoms with van der Waals surface area (Å²) in [6.07, 6.45) is 3.36. The molecule has 0 saturated heterocycles. The van der Waals surface area contributed by atoms with E-state index in [-0.39, 0.29) is 0 Å². The Morgan fingerprint density at radius 1 is 0.688 bits per heavy atom. The van der Waals surface area contributed by atoms with Crippen molar-refractivity contribution < 1.29 is 0 Å². The molecule has 0 atom stereocenters. The third-order valence-corrected chi connectivity index (χ3v) is 3.45. The van der Waals surface area contributed by atoms with Gasteiger partial charge in [-0.25, -0.2) is 0 Å². The maximum atomic E-state index is 2.31. The molecule has 0 N–H and O–H groups in total. The Morgan fingerprint density at radius 3 is 1.88 bits per heavy atom. The van der Waals surface area contributed by atoms with Crippen LogP contribution in [0.5, 0.6) is 0 Å². The summed E-state index contributed by atoms with van der Waals surface area (Å²) >= 11 is 0. The second kappa shape index (κ2) is 4.69. The van der Waals surface area contributed by atoms with Crippen molar-refractivity contribution >= 4 is 10.8 Å². The molecule has 84 valence electrons. The van der Waals surface area contributed by atoms with Crippen molar-refractivity contribution in [3.63, 3.8) is 0 Å². The first kappa shape index (κ1) is 11.2. The van der Waals surface area contributed by atoms with Crippen molar-refractivity contribution in [2.75, 3.05) is 0 Å². The Balaban J connectivity index is 2.84. The molecular weight excluding hydrogens is 192 g/mol. The zero-order valence-corrected chi connectivity index (χ0v) is 10.5. The second-order valence-corrected chi connectivity index (χ2v) is 4.28. The van der Waals surface area contributed by atoms with Gasteiger partial charge in [-0.15, -0.1) is 0 Å². The smallest absolute Gasteiger partial charge is 0.0117 e. The highest BCUT2D eigenvalue weighted by molar-refractivity contribution is 5.91. The van der Waals surface area contributed by atoms with Crippen molar-refractivity contribution in [3.05, 3.63) is 47.0 Å². The third kappa shape index (κ3) is 1.73. The highest BCUT2D eigenvalue weighted by atomic mass is 14.1. The van der Waals surface area contributed by atoms with E-state index in [9.17, 15) is 0 Å². The SMILES string of the molecule is CCc1ccc(CC)c2c(CC)cccc12. The lowest BCUT2D eigenvalue weighted by molar-refractivity contribution is 1.10. The topological polar surface area (TPSA) is 0 Å². The molecule has 0 aliphatic rings. The van der Waals surface area contributed by atoms with Gasteiger partial charge in [-0.3, -0.25) is 0 Å². The summed E-state index contributed by atoms with van der Waals surface area (Å²) in [5.41, 5.74) is 4.46. The van der Waals surface area contributed by atoms with Crippen LogP contribution in [0.3, 0.4) is 0 Å². The number of rotatable bonds is 3. The van der Waals surface area contributed by atoms with Gasteiger partial charge in [0.05, 0.1) is 0 Å². The predicted octanol–water partition coefficient (Wildman–Crippen LogP) is 4.53. The lowest BCUT2D eigenvalue weighted by Gasteiger charge is -2.12. The van der Waals surface area contributed by atoms with Crippen molar-refractivity contribution in [1.82, 2.24) is 0 Å². The number of hydrogen-bond acceptors (Lipinski definition) is 0. The summed E-state index contributed by atoms with van der Waals surface area (Å²) in [6.45, 7) is 6.72. The molecule has 2 rings (SSSR count). The van der Waals surface area contributed by atoms with Crippen LogP contribution in [0.15, 0.2) is 30.3 Å². The maximum Gasteiger partial charge on any atom is -0.0117 e. The van der Waals surface area contributed by atoms with E-state index in [2.05, 4.69) is 51.1 Å². The van der Waals surface area contributed by atoms with Gasteiger partial charge in [0, 0.05) is 0 Å². The van der Waals surface area contributed by atoms with E-state index in [1.54, 1.807) is 0 Å². The Morgan fingerprint density at radius 2 is 1.25 bits per heavy atom. The van der Waals surface area contributed by atoms with Gasteiger partial charge in [0.2, 0.25) is 0 Å². The van der Waals surface area contributed by atoms with Crippen molar-refractivity contribution in [1.29, 1.82) is 0 Å². The minimum atomic E-state index is 1.12. The zero-order chi connectivity index (χ0) is 11.5. The summed E-state index contributed by atoms with van der Waals surface area (Å²) < 4.78 is 0. The Kier molecular flexibility index (Phi) is 3.28. The molecular formula is C16H20. The van der Waals surface area contributed by atoms with Crippen LogP contribution in [0.1, 0.15) is 37.5 Å². The van der Waals surface area contributed by atoms with Crippen LogP contribution in [0.2, 0.25) is 0 Å². The molecule has 0 spiro atoms. The van der Waals surface area contributed by atoms with Crippen LogP contribution in [0.25, 0.3) is 10.8 Å². The van der Waals surface area contributed by atoms with E-state index in [4.69, 9.17) is 0 Å². The Hall–Kier alpha value is -1.30. The molecule has 0 heteroatoms. The van der Waals surface area contributed by atoms with Gasteiger partial charge in [-0.1, -0.05) is 51.1 Å². The standard InChI is InChI=1S/C16H20/c1-4-12-10-11-14(6-3)16-13(5-2)8-7-9-15(12)16/h7-11H,4-6H2,1-3H3. The van der Waals surface area contributed by atoms with Crippen LogP contribution in [-0.2, 0) is 19.3 Å². The molecule has 0 amide bonds. The molecule has 0 bridgehead atoms. The predicted molar refractivity (Wildman–Crippen MR) is 72.1 cm³/mol. The van der Waals surface area contributed by atoms with Crippen molar-refractivity contribution in [2.45, 2.75) is 40.0 Å². The summed E-state index contributed by atoms with van der Waals surface area (Å²) in [7, 11) is 0. The van der Waals surface area contributed by atoms with Crippen LogP contribution >= 0.6 is 0 Å². The van der Waals surface area contributed by atoms with Gasteiger partial charge in [-0.2, -0.15) is 0 Å². The summed E-state index contributed by atoms with van der Waals surface area (Å²) in [5.74, 6) is 0. The zero-order valence-electron chi connectivity index (χ0n) is 10.5. The average molecular weight is 212 g/mol. The normalized spacial score (nSPS) is 10.9. The molecule has 0 aliphatic carbocycles. The monoisotopic (exact) mass is 212 g/mol. The van der Waals surface area contributed by atoms with Gasteiger partial charge in [0.25, 0.3) is 0 Å². The van der Waals surface area contributed by atoms with Crippen LogP contribution < -0.4 is 0 Å². The first-order valence-electron chi connectivity index (χ1n) is 6.34. The van der Waals surface area contributed by atoms with E-state index < -0.39 is 0 Å². The van der Waals surface area contributed by atoms with E-state index in [1.165, 1.54) is 27.5 Å². The van der Waals surface area contributed by atoms with Gasteiger partial charge >= 0.3 is 0 Å². The van der Waals surface area contributed by atoms with E-state index in [0.717, 1.165) is 19.3 Å². The molecule has 16 heavy (non-hydrogen) atoms. The molecule has 0 radical (unpaired) electrons. The largest absolute Gasteiger partial charge is 0.0613 e. The molecule has 0 nitrogen and oxygen atoms in total. The van der Waals surface area contributed by atoms with E-state index in [0.29, 0.717) is 0 Å². The number of aryl methyl sites for hydroxylation is 3. The van der Waals surface area contributed by atoms with Gasteiger partial charge in [0.15, 0.2) is 0 Å². The van der Waals surface area contributed by atoms with E-state index in [1.807, 2.05) is 0 Å². The van der Waals surface area contributed by atoms with Crippen molar-refractivity contribution in [2.24, 2.45) is 0 Å². The third-order valence-electron chi connectivity index (χ3n) is 3.45.